The number of benzene rings is 3. The third-order valence-corrected chi connectivity index (χ3v) is 5.28. The third kappa shape index (κ3) is 6.20. The van der Waals surface area contributed by atoms with Crippen LogP contribution in [0.3, 0.4) is 0 Å². The van der Waals surface area contributed by atoms with E-state index in [2.05, 4.69) is 21.2 Å². The molecule has 0 aliphatic carbocycles. The second-order valence-electron chi connectivity index (χ2n) is 6.54. The van der Waals surface area contributed by atoms with E-state index in [0.717, 1.165) is 15.6 Å². The van der Waals surface area contributed by atoms with Crippen LogP contribution >= 0.6 is 27.5 Å². The van der Waals surface area contributed by atoms with Crippen LogP contribution in [0.5, 0.6) is 11.5 Å². The molecular formula is C23H22BrClFNO2. The Kier molecular flexibility index (Phi) is 7.92. The van der Waals surface area contributed by atoms with Crippen molar-refractivity contribution in [1.29, 1.82) is 0 Å². The molecule has 0 aromatic heterocycles. The molecule has 0 fully saturated rings. The molecule has 0 saturated heterocycles. The molecule has 0 saturated carbocycles. The number of hydrogen-bond donors (Lipinski definition) is 1. The van der Waals surface area contributed by atoms with Crippen LogP contribution in [0.1, 0.15) is 16.7 Å². The average Bonchev–Trinajstić information content (AvgIpc) is 2.72. The maximum Gasteiger partial charge on any atom is 0.175 e. The summed E-state index contributed by atoms with van der Waals surface area (Å²) in [6.45, 7) is 1.73. The van der Waals surface area contributed by atoms with Crippen LogP contribution in [0.25, 0.3) is 0 Å². The molecule has 0 bridgehead atoms. The van der Waals surface area contributed by atoms with Gasteiger partial charge in [0.05, 0.1) is 11.6 Å². The number of rotatable bonds is 9. The molecule has 3 aromatic rings. The molecule has 0 radical (unpaired) electrons. The Morgan fingerprint density at radius 3 is 2.52 bits per heavy atom. The number of ether oxygens (including phenoxy) is 2. The fraction of sp³-hybridized carbons (Fsp3) is 0.217. The van der Waals surface area contributed by atoms with E-state index < -0.39 is 0 Å². The van der Waals surface area contributed by atoms with Gasteiger partial charge in [0.2, 0.25) is 0 Å². The van der Waals surface area contributed by atoms with Gasteiger partial charge in [0.1, 0.15) is 12.4 Å². The highest BCUT2D eigenvalue weighted by Crippen LogP contribution is 2.37. The van der Waals surface area contributed by atoms with Gasteiger partial charge in [-0.3, -0.25) is 0 Å². The molecule has 0 atom stereocenters. The Hall–Kier alpha value is -2.08. The van der Waals surface area contributed by atoms with Gasteiger partial charge in [0.15, 0.2) is 11.5 Å². The van der Waals surface area contributed by atoms with E-state index in [4.69, 9.17) is 21.1 Å². The minimum Gasteiger partial charge on any atom is -0.493 e. The first-order chi connectivity index (χ1) is 14.1. The molecule has 6 heteroatoms. The molecule has 152 valence electrons. The molecule has 3 aromatic carbocycles. The lowest BCUT2D eigenvalue weighted by Crippen LogP contribution is -2.17. The summed E-state index contributed by atoms with van der Waals surface area (Å²) in [5.74, 6) is 1.14. The zero-order valence-corrected chi connectivity index (χ0v) is 18.4. The van der Waals surface area contributed by atoms with E-state index in [1.54, 1.807) is 13.2 Å². The smallest absolute Gasteiger partial charge is 0.175 e. The van der Waals surface area contributed by atoms with Crippen molar-refractivity contribution in [2.24, 2.45) is 0 Å². The van der Waals surface area contributed by atoms with Crippen LogP contribution in [0.4, 0.5) is 4.39 Å². The molecule has 0 aliphatic heterocycles. The molecule has 0 aliphatic rings. The van der Waals surface area contributed by atoms with Crippen LogP contribution in [-0.2, 0) is 19.6 Å². The molecule has 1 N–H and O–H groups in total. The zero-order valence-electron chi connectivity index (χ0n) is 16.1. The first kappa shape index (κ1) is 21.6. The Labute approximate surface area is 183 Å². The quantitative estimate of drug-likeness (QED) is 0.374. The fourth-order valence-electron chi connectivity index (χ4n) is 2.91. The summed E-state index contributed by atoms with van der Waals surface area (Å²) >= 11 is 9.50. The number of methoxy groups -OCH3 is 1. The molecular weight excluding hydrogens is 457 g/mol. The van der Waals surface area contributed by atoms with Crippen LogP contribution in [0, 0.1) is 5.82 Å². The Bertz CT molecular complexity index is 950. The SMILES string of the molecule is COc1cc(CNCCc2ccccc2F)cc(Br)c1OCc1ccc(Cl)cc1. The molecule has 3 rings (SSSR count). The van der Waals surface area contributed by atoms with Gasteiger partial charge in [-0.15, -0.1) is 0 Å². The monoisotopic (exact) mass is 477 g/mol. The molecule has 29 heavy (non-hydrogen) atoms. The Morgan fingerprint density at radius 1 is 1.03 bits per heavy atom. The lowest BCUT2D eigenvalue weighted by atomic mass is 10.1. The molecule has 3 nitrogen and oxygen atoms in total. The minimum absolute atomic E-state index is 0.166. The van der Waals surface area contributed by atoms with Crippen molar-refractivity contribution in [1.82, 2.24) is 5.32 Å². The number of nitrogens with one attached hydrogen (secondary N) is 1. The highest BCUT2D eigenvalue weighted by atomic mass is 79.9. The van der Waals surface area contributed by atoms with Crippen molar-refractivity contribution in [2.75, 3.05) is 13.7 Å². The number of halogens is 3. The van der Waals surface area contributed by atoms with E-state index in [1.165, 1.54) is 6.07 Å². The van der Waals surface area contributed by atoms with Gasteiger partial charge in [-0.25, -0.2) is 4.39 Å². The summed E-state index contributed by atoms with van der Waals surface area (Å²) in [6.07, 6.45) is 0.632. The molecule has 0 heterocycles. The van der Waals surface area contributed by atoms with E-state index in [9.17, 15) is 4.39 Å². The van der Waals surface area contributed by atoms with Crippen LogP contribution in [0.15, 0.2) is 65.1 Å². The van der Waals surface area contributed by atoms with Gasteiger partial charge in [0.25, 0.3) is 0 Å². The zero-order chi connectivity index (χ0) is 20.6. The molecule has 0 amide bonds. The van der Waals surface area contributed by atoms with E-state index in [-0.39, 0.29) is 5.82 Å². The van der Waals surface area contributed by atoms with Gasteiger partial charge in [-0.05, 0) is 75.9 Å². The maximum atomic E-state index is 13.7. The first-order valence-corrected chi connectivity index (χ1v) is 10.4. The topological polar surface area (TPSA) is 30.5 Å². The first-order valence-electron chi connectivity index (χ1n) is 9.24. The highest BCUT2D eigenvalue weighted by Gasteiger charge is 2.12. The maximum absolute atomic E-state index is 13.7. The number of hydrogen-bond acceptors (Lipinski definition) is 3. The standard InChI is InChI=1S/C23H22BrClFNO2/c1-28-22-13-17(14-27-11-10-18-4-2-3-5-21(18)26)12-20(24)23(22)29-15-16-6-8-19(25)9-7-16/h2-9,12-13,27H,10-11,14-15H2,1H3. The lowest BCUT2D eigenvalue weighted by molar-refractivity contribution is 0.282. The van der Waals surface area contributed by atoms with Crippen molar-refractivity contribution in [3.8, 4) is 11.5 Å². The van der Waals surface area contributed by atoms with Gasteiger partial charge >= 0.3 is 0 Å². The largest absolute Gasteiger partial charge is 0.493 e. The van der Waals surface area contributed by atoms with Gasteiger partial charge in [0, 0.05) is 11.6 Å². The van der Waals surface area contributed by atoms with Crippen molar-refractivity contribution >= 4 is 27.5 Å². The average molecular weight is 479 g/mol. The minimum atomic E-state index is -0.166. The fourth-order valence-corrected chi connectivity index (χ4v) is 3.64. The van der Waals surface area contributed by atoms with Gasteiger partial charge in [-0.1, -0.05) is 41.9 Å². The summed E-state index contributed by atoms with van der Waals surface area (Å²) in [7, 11) is 1.62. The second kappa shape index (κ2) is 10.6. The molecule has 0 spiro atoms. The summed E-state index contributed by atoms with van der Waals surface area (Å²) in [5.41, 5.74) is 2.77. The highest BCUT2D eigenvalue weighted by molar-refractivity contribution is 9.10. The Morgan fingerprint density at radius 2 is 1.79 bits per heavy atom. The normalized spacial score (nSPS) is 10.8. The predicted molar refractivity (Wildman–Crippen MR) is 118 cm³/mol. The second-order valence-corrected chi connectivity index (χ2v) is 7.83. The van der Waals surface area contributed by atoms with Crippen molar-refractivity contribution in [3.05, 3.63) is 92.7 Å². The van der Waals surface area contributed by atoms with E-state index in [0.29, 0.717) is 48.2 Å². The summed E-state index contributed by atoms with van der Waals surface area (Å²) in [4.78, 5) is 0. The summed E-state index contributed by atoms with van der Waals surface area (Å²) < 4.78 is 26.0. The molecule has 0 unspecified atom stereocenters. The Balaban J connectivity index is 1.58. The lowest BCUT2D eigenvalue weighted by Gasteiger charge is -2.15. The van der Waals surface area contributed by atoms with E-state index >= 15 is 0 Å². The summed E-state index contributed by atoms with van der Waals surface area (Å²) in [5, 5.41) is 4.04. The van der Waals surface area contributed by atoms with Crippen molar-refractivity contribution < 1.29 is 13.9 Å². The van der Waals surface area contributed by atoms with Crippen LogP contribution < -0.4 is 14.8 Å². The van der Waals surface area contributed by atoms with Crippen LogP contribution in [0.2, 0.25) is 5.02 Å². The summed E-state index contributed by atoms with van der Waals surface area (Å²) in [6, 6.07) is 18.3. The van der Waals surface area contributed by atoms with Gasteiger partial charge < -0.3 is 14.8 Å². The van der Waals surface area contributed by atoms with E-state index in [1.807, 2.05) is 48.5 Å². The van der Waals surface area contributed by atoms with Crippen molar-refractivity contribution in [3.63, 3.8) is 0 Å². The predicted octanol–water partition coefficient (Wildman–Crippen LogP) is 6.16. The van der Waals surface area contributed by atoms with Crippen LogP contribution in [-0.4, -0.2) is 13.7 Å². The third-order valence-electron chi connectivity index (χ3n) is 4.44. The van der Waals surface area contributed by atoms with Gasteiger partial charge in [-0.2, -0.15) is 0 Å². The van der Waals surface area contributed by atoms with Crippen molar-refractivity contribution in [2.45, 2.75) is 19.6 Å².